The van der Waals surface area contributed by atoms with Gasteiger partial charge in [-0.15, -0.1) is 0 Å². The van der Waals surface area contributed by atoms with Gasteiger partial charge in [0.2, 0.25) is 0 Å². The van der Waals surface area contributed by atoms with Gasteiger partial charge in [-0.1, -0.05) is 30.3 Å². The van der Waals surface area contributed by atoms with Gasteiger partial charge in [0.25, 0.3) is 0 Å². The number of ether oxygens (including phenoxy) is 2. The first-order chi connectivity index (χ1) is 13.7. The predicted molar refractivity (Wildman–Crippen MR) is 110 cm³/mol. The van der Waals surface area contributed by atoms with Crippen LogP contribution in [0.5, 0.6) is 0 Å². The van der Waals surface area contributed by atoms with Gasteiger partial charge in [-0.3, -0.25) is 4.79 Å². The molecule has 1 saturated carbocycles. The zero-order chi connectivity index (χ0) is 21.3. The van der Waals surface area contributed by atoms with Crippen LogP contribution < -0.4 is 10.6 Å². The summed E-state index contributed by atoms with van der Waals surface area (Å²) in [6.45, 7) is 6.80. The zero-order valence-electron chi connectivity index (χ0n) is 17.7. The minimum atomic E-state index is -0.999. The van der Waals surface area contributed by atoms with E-state index in [0.717, 1.165) is 18.4 Å². The summed E-state index contributed by atoms with van der Waals surface area (Å²) < 4.78 is 10.5. The van der Waals surface area contributed by atoms with Gasteiger partial charge in [0.05, 0.1) is 12.0 Å². The van der Waals surface area contributed by atoms with E-state index in [2.05, 4.69) is 10.6 Å². The van der Waals surface area contributed by atoms with Crippen LogP contribution in [0.4, 0.5) is 4.79 Å². The Bertz CT molecular complexity index is 649. The fraction of sp³-hybridized carbons (Fsp3) is 0.636. The fourth-order valence-electron chi connectivity index (χ4n) is 3.35. The van der Waals surface area contributed by atoms with E-state index in [-0.39, 0.29) is 25.0 Å². The fourth-order valence-corrected chi connectivity index (χ4v) is 3.35. The molecule has 162 valence electrons. The molecule has 0 heterocycles. The molecule has 0 unspecified atom stereocenters. The average molecular weight is 407 g/mol. The molecule has 0 aromatic heterocycles. The third kappa shape index (κ3) is 9.28. The van der Waals surface area contributed by atoms with Crippen LogP contribution in [0, 0.1) is 0 Å². The molecule has 0 bridgehead atoms. The molecule has 29 heavy (non-hydrogen) atoms. The summed E-state index contributed by atoms with van der Waals surface area (Å²) in [5.41, 5.74) is -0.574. The molecular formula is C22H34N2O5. The van der Waals surface area contributed by atoms with Crippen LogP contribution in [0.25, 0.3) is 0 Å². The third-order valence-corrected chi connectivity index (χ3v) is 4.86. The number of carbonyl (C=O) groups excluding carboxylic acids is 2. The lowest BCUT2D eigenvalue weighted by molar-refractivity contribution is -0.152. The molecular weight excluding hydrogens is 372 g/mol. The van der Waals surface area contributed by atoms with Crippen molar-refractivity contribution in [2.24, 2.45) is 0 Å². The number of hydrogen-bond acceptors (Lipinski definition) is 6. The average Bonchev–Trinajstić information content (AvgIpc) is 2.64. The molecule has 1 aliphatic rings. The van der Waals surface area contributed by atoms with E-state index < -0.39 is 17.3 Å². The van der Waals surface area contributed by atoms with Crippen molar-refractivity contribution in [2.75, 3.05) is 13.1 Å². The van der Waals surface area contributed by atoms with E-state index in [1.54, 1.807) is 0 Å². The highest BCUT2D eigenvalue weighted by atomic mass is 16.6. The lowest BCUT2D eigenvalue weighted by Gasteiger charge is -2.35. The van der Waals surface area contributed by atoms with Crippen LogP contribution in [0.1, 0.15) is 58.4 Å². The molecule has 0 atom stereocenters. The van der Waals surface area contributed by atoms with Crippen LogP contribution in [0.2, 0.25) is 0 Å². The maximum Gasteiger partial charge on any atom is 0.407 e. The molecule has 2 rings (SSSR count). The van der Waals surface area contributed by atoms with Crippen LogP contribution in [-0.4, -0.2) is 47.5 Å². The van der Waals surface area contributed by atoms with E-state index in [9.17, 15) is 14.7 Å². The van der Waals surface area contributed by atoms with Crippen molar-refractivity contribution in [1.82, 2.24) is 10.6 Å². The lowest BCUT2D eigenvalue weighted by atomic mass is 9.80. The van der Waals surface area contributed by atoms with Crippen molar-refractivity contribution in [3.05, 3.63) is 35.9 Å². The monoisotopic (exact) mass is 406 g/mol. The Morgan fingerprint density at radius 2 is 1.79 bits per heavy atom. The number of amides is 1. The molecule has 0 saturated heterocycles. The Morgan fingerprint density at radius 3 is 2.41 bits per heavy atom. The molecule has 1 amide bonds. The highest BCUT2D eigenvalue weighted by Crippen LogP contribution is 2.31. The Morgan fingerprint density at radius 1 is 1.14 bits per heavy atom. The van der Waals surface area contributed by atoms with E-state index in [1.165, 1.54) is 0 Å². The number of hydrogen-bond donors (Lipinski definition) is 3. The van der Waals surface area contributed by atoms with E-state index in [1.807, 2.05) is 51.1 Å². The Kier molecular flexibility index (Phi) is 8.46. The van der Waals surface area contributed by atoms with E-state index in [0.29, 0.717) is 25.9 Å². The Labute approximate surface area is 173 Å². The standard InChI is InChI=1S/C22H34N2O5/c1-21(2,3)29-20(26)24-14-13-23-18-9-11-22(27,12-10-18)15-19(25)28-16-17-7-5-4-6-8-17/h4-8,18,23,27H,9-16H2,1-3H3,(H,24,26). The minimum Gasteiger partial charge on any atom is -0.461 e. The number of aliphatic hydroxyl groups is 1. The van der Waals surface area contributed by atoms with Crippen LogP contribution in [-0.2, 0) is 20.9 Å². The highest BCUT2D eigenvalue weighted by molar-refractivity contribution is 5.70. The summed E-state index contributed by atoms with van der Waals surface area (Å²) in [6.07, 6.45) is 2.23. The quantitative estimate of drug-likeness (QED) is 0.454. The van der Waals surface area contributed by atoms with Crippen molar-refractivity contribution in [2.45, 2.75) is 76.7 Å². The van der Waals surface area contributed by atoms with Crippen molar-refractivity contribution >= 4 is 12.1 Å². The first kappa shape index (κ1) is 23.2. The van der Waals surface area contributed by atoms with Gasteiger partial charge in [-0.2, -0.15) is 0 Å². The summed E-state index contributed by atoms with van der Waals surface area (Å²) in [4.78, 5) is 23.7. The Balaban J connectivity index is 1.60. The number of carbonyl (C=O) groups is 2. The number of esters is 1. The second-order valence-corrected chi connectivity index (χ2v) is 8.70. The van der Waals surface area contributed by atoms with E-state index >= 15 is 0 Å². The number of rotatable bonds is 8. The topological polar surface area (TPSA) is 96.9 Å². The first-order valence-electron chi connectivity index (χ1n) is 10.3. The van der Waals surface area contributed by atoms with Gasteiger partial charge in [0, 0.05) is 19.1 Å². The molecule has 0 aliphatic heterocycles. The maximum absolute atomic E-state index is 12.1. The Hall–Kier alpha value is -2.12. The van der Waals surface area contributed by atoms with Crippen molar-refractivity contribution < 1.29 is 24.2 Å². The highest BCUT2D eigenvalue weighted by Gasteiger charge is 2.35. The van der Waals surface area contributed by atoms with Crippen LogP contribution >= 0.6 is 0 Å². The number of benzene rings is 1. The molecule has 0 spiro atoms. The third-order valence-electron chi connectivity index (χ3n) is 4.86. The van der Waals surface area contributed by atoms with Gasteiger partial charge in [0.1, 0.15) is 12.2 Å². The van der Waals surface area contributed by atoms with Crippen LogP contribution in [0.3, 0.4) is 0 Å². The van der Waals surface area contributed by atoms with Gasteiger partial charge in [-0.05, 0) is 52.0 Å². The summed E-state index contributed by atoms with van der Waals surface area (Å²) in [6, 6.07) is 9.76. The SMILES string of the molecule is CC(C)(C)OC(=O)NCCNC1CCC(O)(CC(=O)OCc2ccccc2)CC1. The number of nitrogens with one attached hydrogen (secondary N) is 2. The smallest absolute Gasteiger partial charge is 0.407 e. The van der Waals surface area contributed by atoms with Crippen molar-refractivity contribution in [3.63, 3.8) is 0 Å². The van der Waals surface area contributed by atoms with Crippen LogP contribution in [0.15, 0.2) is 30.3 Å². The molecule has 0 radical (unpaired) electrons. The minimum absolute atomic E-state index is 0.0206. The molecule has 1 aromatic rings. The molecule has 1 aromatic carbocycles. The number of alkyl carbamates (subject to hydrolysis) is 1. The van der Waals surface area contributed by atoms with Gasteiger partial charge in [-0.25, -0.2) is 4.79 Å². The van der Waals surface area contributed by atoms with Gasteiger partial charge >= 0.3 is 12.1 Å². The summed E-state index contributed by atoms with van der Waals surface area (Å²) in [5, 5.41) is 16.8. The van der Waals surface area contributed by atoms with E-state index in [4.69, 9.17) is 9.47 Å². The summed E-state index contributed by atoms with van der Waals surface area (Å²) >= 11 is 0. The van der Waals surface area contributed by atoms with Crippen molar-refractivity contribution in [3.8, 4) is 0 Å². The molecule has 3 N–H and O–H groups in total. The largest absolute Gasteiger partial charge is 0.461 e. The van der Waals surface area contributed by atoms with Gasteiger partial charge in [0.15, 0.2) is 0 Å². The second-order valence-electron chi connectivity index (χ2n) is 8.70. The summed E-state index contributed by atoms with van der Waals surface area (Å²) in [5.74, 6) is -0.371. The predicted octanol–water partition coefficient (Wildman–Crippen LogP) is 2.91. The molecule has 7 nitrogen and oxygen atoms in total. The molecule has 1 aliphatic carbocycles. The second kappa shape index (κ2) is 10.6. The zero-order valence-corrected chi connectivity index (χ0v) is 17.7. The van der Waals surface area contributed by atoms with Gasteiger partial charge < -0.3 is 25.2 Å². The first-order valence-corrected chi connectivity index (χ1v) is 10.3. The molecule has 7 heteroatoms. The molecule has 1 fully saturated rings. The lowest BCUT2D eigenvalue weighted by Crippen LogP contribution is -2.44. The summed E-state index contributed by atoms with van der Waals surface area (Å²) in [7, 11) is 0. The normalized spacial score (nSPS) is 22.0. The van der Waals surface area contributed by atoms with Crippen molar-refractivity contribution in [1.29, 1.82) is 0 Å². The maximum atomic E-state index is 12.1.